The van der Waals surface area contributed by atoms with E-state index in [4.69, 9.17) is 0 Å². The number of carbonyl (C=O) groups excluding carboxylic acids is 2. The van der Waals surface area contributed by atoms with Gasteiger partial charge in [-0.15, -0.1) is 12.4 Å². The molecule has 1 aromatic carbocycles. The van der Waals surface area contributed by atoms with Gasteiger partial charge in [-0.2, -0.15) is 0 Å². The number of amides is 2. The molecule has 2 N–H and O–H groups in total. The van der Waals surface area contributed by atoms with Crippen LogP contribution in [0.2, 0.25) is 0 Å². The third-order valence-electron chi connectivity index (χ3n) is 5.60. The maximum Gasteiger partial charge on any atom is 0.251 e. The number of rotatable bonds is 4. The summed E-state index contributed by atoms with van der Waals surface area (Å²) in [6, 6.07) is 8.08. The van der Waals surface area contributed by atoms with Crippen molar-refractivity contribution in [1.29, 1.82) is 0 Å². The van der Waals surface area contributed by atoms with E-state index in [2.05, 4.69) is 36.3 Å². The highest BCUT2D eigenvalue weighted by Gasteiger charge is 2.30. The first-order valence-corrected chi connectivity index (χ1v) is 9.96. The third-order valence-corrected chi connectivity index (χ3v) is 5.60. The zero-order valence-corrected chi connectivity index (χ0v) is 18.0. The number of hydrogen-bond acceptors (Lipinski definition) is 4. The Kier molecular flexibility index (Phi) is 7.87. The Bertz CT molecular complexity index is 666. The summed E-state index contributed by atoms with van der Waals surface area (Å²) in [5, 5.41) is 6.14. The lowest BCUT2D eigenvalue weighted by Gasteiger charge is -2.32. The Balaban J connectivity index is 0.00000280. The topological polar surface area (TPSA) is 64.7 Å². The first kappa shape index (κ1) is 22.7. The summed E-state index contributed by atoms with van der Waals surface area (Å²) in [4.78, 5) is 29.2. The molecular weight excluding hydrogens is 376 g/mol. The van der Waals surface area contributed by atoms with E-state index in [-0.39, 0.29) is 36.2 Å². The molecule has 6 nitrogen and oxygen atoms in total. The highest BCUT2D eigenvalue weighted by atomic mass is 35.5. The predicted molar refractivity (Wildman–Crippen MR) is 114 cm³/mol. The molecule has 2 aliphatic heterocycles. The summed E-state index contributed by atoms with van der Waals surface area (Å²) >= 11 is 0. The number of carbonyl (C=O) groups is 2. The van der Waals surface area contributed by atoms with Crippen molar-refractivity contribution >= 4 is 24.2 Å². The summed E-state index contributed by atoms with van der Waals surface area (Å²) in [6.45, 7) is 12.2. The second-order valence-electron chi connectivity index (χ2n) is 8.58. The first-order valence-electron chi connectivity index (χ1n) is 9.96. The lowest BCUT2D eigenvalue weighted by atomic mass is 9.87. The monoisotopic (exact) mass is 408 g/mol. The Labute approximate surface area is 174 Å². The number of hydrogen-bond donors (Lipinski definition) is 2. The van der Waals surface area contributed by atoms with Crippen molar-refractivity contribution in [3.63, 3.8) is 0 Å². The lowest BCUT2D eigenvalue weighted by molar-refractivity contribution is -0.129. The van der Waals surface area contributed by atoms with E-state index in [0.717, 1.165) is 45.7 Å². The molecule has 2 amide bonds. The van der Waals surface area contributed by atoms with Crippen molar-refractivity contribution in [2.45, 2.75) is 38.6 Å². The predicted octanol–water partition coefficient (Wildman–Crippen LogP) is 1.64. The normalized spacial score (nSPS) is 20.5. The largest absolute Gasteiger partial charge is 0.343 e. The van der Waals surface area contributed by atoms with E-state index in [1.54, 1.807) is 0 Å². The lowest BCUT2D eigenvalue weighted by Crippen LogP contribution is -2.49. The molecule has 0 bridgehead atoms. The number of halogens is 1. The van der Waals surface area contributed by atoms with Crippen molar-refractivity contribution in [3.8, 4) is 0 Å². The van der Waals surface area contributed by atoms with Crippen LogP contribution in [-0.2, 0) is 10.2 Å². The number of nitrogens with zero attached hydrogens (tertiary/aromatic N) is 2. The zero-order chi connectivity index (χ0) is 19.4. The molecule has 3 rings (SSSR count). The van der Waals surface area contributed by atoms with Crippen LogP contribution in [-0.4, -0.2) is 73.5 Å². The molecule has 28 heavy (non-hydrogen) atoms. The smallest absolute Gasteiger partial charge is 0.251 e. The molecule has 1 atom stereocenters. The summed E-state index contributed by atoms with van der Waals surface area (Å²) in [7, 11) is 0. The van der Waals surface area contributed by atoms with Crippen molar-refractivity contribution in [1.82, 2.24) is 20.4 Å². The molecule has 156 valence electrons. The van der Waals surface area contributed by atoms with Gasteiger partial charge in [-0.3, -0.25) is 14.5 Å². The van der Waals surface area contributed by atoms with Crippen LogP contribution in [0.25, 0.3) is 0 Å². The standard InChI is InChI=1S/C21H32N4O2.ClH/c1-21(2,3)17-6-4-16(5-7-17)20(27)23-14-19(26)25-11-8-18(15-25)24-12-9-22-10-13-24;/h4-7,18,22H,8-15H2,1-3H3,(H,23,27);1H. The van der Waals surface area contributed by atoms with E-state index in [9.17, 15) is 9.59 Å². The molecule has 2 saturated heterocycles. The van der Waals surface area contributed by atoms with Crippen LogP contribution in [0.3, 0.4) is 0 Å². The summed E-state index contributed by atoms with van der Waals surface area (Å²) < 4.78 is 0. The van der Waals surface area contributed by atoms with Gasteiger partial charge in [-0.25, -0.2) is 0 Å². The number of likely N-dealkylation sites (tertiary alicyclic amines) is 1. The minimum Gasteiger partial charge on any atom is -0.343 e. The van der Waals surface area contributed by atoms with Crippen LogP contribution in [0.4, 0.5) is 0 Å². The first-order chi connectivity index (χ1) is 12.8. The Morgan fingerprint density at radius 3 is 2.36 bits per heavy atom. The molecule has 2 heterocycles. The molecular formula is C21H33ClN4O2. The van der Waals surface area contributed by atoms with Gasteiger partial charge in [0.15, 0.2) is 0 Å². The maximum absolute atomic E-state index is 12.5. The minimum atomic E-state index is -0.193. The molecule has 0 spiro atoms. The van der Waals surface area contributed by atoms with Crippen molar-refractivity contribution in [2.24, 2.45) is 0 Å². The third kappa shape index (κ3) is 5.69. The van der Waals surface area contributed by atoms with Crippen LogP contribution < -0.4 is 10.6 Å². The average Bonchev–Trinajstić information content (AvgIpc) is 3.16. The van der Waals surface area contributed by atoms with Gasteiger partial charge in [0.25, 0.3) is 5.91 Å². The van der Waals surface area contributed by atoms with Crippen molar-refractivity contribution in [2.75, 3.05) is 45.8 Å². The molecule has 0 radical (unpaired) electrons. The Morgan fingerprint density at radius 1 is 1.11 bits per heavy atom. The minimum absolute atomic E-state index is 0. The number of piperazine rings is 1. The molecule has 7 heteroatoms. The van der Waals surface area contributed by atoms with E-state index in [1.807, 2.05) is 29.2 Å². The molecule has 1 aromatic rings. The summed E-state index contributed by atoms with van der Waals surface area (Å²) in [5.41, 5.74) is 1.84. The van der Waals surface area contributed by atoms with Gasteiger partial charge < -0.3 is 15.5 Å². The van der Waals surface area contributed by atoms with Crippen LogP contribution in [0, 0.1) is 0 Å². The fraction of sp³-hybridized carbons (Fsp3) is 0.619. The fourth-order valence-corrected chi connectivity index (χ4v) is 3.81. The van der Waals surface area contributed by atoms with Crippen molar-refractivity contribution < 1.29 is 9.59 Å². The number of benzene rings is 1. The molecule has 2 fully saturated rings. The van der Waals surface area contributed by atoms with Gasteiger partial charge in [0.1, 0.15) is 0 Å². The van der Waals surface area contributed by atoms with Gasteiger partial charge in [0.05, 0.1) is 6.54 Å². The SMILES string of the molecule is CC(C)(C)c1ccc(C(=O)NCC(=O)N2CCC(N3CCNCC3)C2)cc1.Cl. The highest BCUT2D eigenvalue weighted by Crippen LogP contribution is 2.22. The molecule has 0 aromatic heterocycles. The van der Waals surface area contributed by atoms with Crippen LogP contribution in [0.5, 0.6) is 0 Å². The Morgan fingerprint density at radius 2 is 1.75 bits per heavy atom. The van der Waals surface area contributed by atoms with Crippen LogP contribution >= 0.6 is 12.4 Å². The summed E-state index contributed by atoms with van der Waals surface area (Å²) in [6.07, 6.45) is 1.02. The molecule has 2 aliphatic rings. The van der Waals surface area contributed by atoms with E-state index >= 15 is 0 Å². The van der Waals surface area contributed by atoms with Gasteiger partial charge in [0.2, 0.25) is 5.91 Å². The maximum atomic E-state index is 12.5. The van der Waals surface area contributed by atoms with E-state index < -0.39 is 0 Å². The molecule has 0 aliphatic carbocycles. The van der Waals surface area contributed by atoms with Crippen LogP contribution in [0.15, 0.2) is 24.3 Å². The Hall–Kier alpha value is -1.63. The zero-order valence-electron chi connectivity index (χ0n) is 17.2. The fourth-order valence-electron chi connectivity index (χ4n) is 3.81. The second kappa shape index (κ2) is 9.72. The molecule has 1 unspecified atom stereocenters. The van der Waals surface area contributed by atoms with Crippen LogP contribution in [0.1, 0.15) is 43.1 Å². The van der Waals surface area contributed by atoms with Gasteiger partial charge >= 0.3 is 0 Å². The second-order valence-corrected chi connectivity index (χ2v) is 8.58. The van der Waals surface area contributed by atoms with E-state index in [0.29, 0.717) is 11.6 Å². The highest BCUT2D eigenvalue weighted by molar-refractivity contribution is 5.96. The van der Waals surface area contributed by atoms with Crippen molar-refractivity contribution in [3.05, 3.63) is 35.4 Å². The van der Waals surface area contributed by atoms with Gasteiger partial charge in [-0.1, -0.05) is 32.9 Å². The van der Waals surface area contributed by atoms with Gasteiger partial charge in [0, 0.05) is 50.9 Å². The molecule has 0 saturated carbocycles. The summed E-state index contributed by atoms with van der Waals surface area (Å²) in [5.74, 6) is -0.186. The quantitative estimate of drug-likeness (QED) is 0.795. The van der Waals surface area contributed by atoms with Gasteiger partial charge in [-0.05, 0) is 29.5 Å². The average molecular weight is 409 g/mol. The number of nitrogens with one attached hydrogen (secondary N) is 2. The van der Waals surface area contributed by atoms with E-state index in [1.165, 1.54) is 5.56 Å².